The Morgan fingerprint density at radius 2 is 1.72 bits per heavy atom. The average molecular weight is 691 g/mol. The molecule has 3 rings (SSSR count). The molecule has 1 heterocycles. The summed E-state index contributed by atoms with van der Waals surface area (Å²) >= 11 is 0. The Kier molecular flexibility index (Phi) is 20.2. The summed E-state index contributed by atoms with van der Waals surface area (Å²) in [6.07, 6.45) is 14.7. The summed E-state index contributed by atoms with van der Waals surface area (Å²) in [4.78, 5) is 4.79. The topological polar surface area (TPSA) is 81.5 Å². The number of ether oxygens (including phenoxy) is 4. The lowest BCUT2D eigenvalue weighted by Crippen LogP contribution is -2.29. The second-order valence-electron chi connectivity index (χ2n) is 13.1. The Bertz CT molecular complexity index is 1290. The number of unbranched alkanes of at least 4 members (excludes halogenated alkanes) is 2. The zero-order chi connectivity index (χ0) is 35.8. The fourth-order valence-electron chi connectivity index (χ4n) is 5.86. The maximum absolute atomic E-state index is 6.97. The highest BCUT2D eigenvalue weighted by Gasteiger charge is 2.19. The van der Waals surface area contributed by atoms with Crippen molar-refractivity contribution in [3.63, 3.8) is 0 Å². The molecule has 0 bridgehead atoms. The van der Waals surface area contributed by atoms with Gasteiger partial charge in [-0.1, -0.05) is 82.2 Å². The van der Waals surface area contributed by atoms with Gasteiger partial charge in [-0.3, -0.25) is 4.90 Å². The molecule has 8 nitrogen and oxygen atoms in total. The van der Waals surface area contributed by atoms with Gasteiger partial charge in [-0.25, -0.2) is 0 Å². The zero-order valence-corrected chi connectivity index (χ0v) is 31.7. The Morgan fingerprint density at radius 3 is 2.44 bits per heavy atom. The van der Waals surface area contributed by atoms with E-state index >= 15 is 0 Å². The second-order valence-corrected chi connectivity index (χ2v) is 13.1. The van der Waals surface area contributed by atoms with Crippen LogP contribution in [-0.4, -0.2) is 83.7 Å². The van der Waals surface area contributed by atoms with E-state index in [0.717, 1.165) is 101 Å². The summed E-state index contributed by atoms with van der Waals surface area (Å²) in [6.45, 7) is 22.1. The fourth-order valence-corrected chi connectivity index (χ4v) is 5.86. The van der Waals surface area contributed by atoms with Crippen LogP contribution < -0.4 is 25.4 Å². The zero-order valence-electron chi connectivity index (χ0n) is 31.7. The third-order valence-electron chi connectivity index (χ3n) is 8.85. The molecule has 3 N–H and O–H groups in total. The van der Waals surface area contributed by atoms with E-state index in [1.807, 2.05) is 12.1 Å². The number of hydrogen-bond donors (Lipinski definition) is 2. The first-order valence-corrected chi connectivity index (χ1v) is 19.1. The Morgan fingerprint density at radius 1 is 0.940 bits per heavy atom. The van der Waals surface area contributed by atoms with Crippen LogP contribution >= 0.6 is 0 Å². The van der Waals surface area contributed by atoms with E-state index in [2.05, 4.69) is 91.9 Å². The smallest absolute Gasteiger partial charge is 0.148 e. The molecule has 0 saturated carbocycles. The van der Waals surface area contributed by atoms with Crippen LogP contribution in [0.5, 0.6) is 11.5 Å². The lowest BCUT2D eigenvalue weighted by Gasteiger charge is -2.29. The highest BCUT2D eigenvalue weighted by Crippen LogP contribution is 2.38. The third kappa shape index (κ3) is 15.2. The number of aryl methyl sites for hydroxylation is 1. The predicted octanol–water partition coefficient (Wildman–Crippen LogP) is 8.11. The molecule has 0 amide bonds. The lowest BCUT2D eigenvalue weighted by atomic mass is 10.1. The van der Waals surface area contributed by atoms with Crippen molar-refractivity contribution in [2.45, 2.75) is 79.1 Å². The van der Waals surface area contributed by atoms with Crippen molar-refractivity contribution in [3.05, 3.63) is 83.7 Å². The molecule has 0 unspecified atom stereocenters. The van der Waals surface area contributed by atoms with Gasteiger partial charge in [0.05, 0.1) is 24.6 Å². The molecule has 1 fully saturated rings. The van der Waals surface area contributed by atoms with Gasteiger partial charge in [-0.05, 0) is 70.3 Å². The molecule has 278 valence electrons. The van der Waals surface area contributed by atoms with Crippen molar-refractivity contribution in [2.24, 2.45) is 0 Å². The molecular weight excluding hydrogens is 624 g/mol. The summed E-state index contributed by atoms with van der Waals surface area (Å²) in [5, 5.41) is 3.48. The van der Waals surface area contributed by atoms with E-state index in [0.29, 0.717) is 44.4 Å². The number of nitrogen functional groups attached to an aromatic ring is 1. The Labute approximate surface area is 303 Å². The summed E-state index contributed by atoms with van der Waals surface area (Å²) in [5.41, 5.74) is 12.0. The summed E-state index contributed by atoms with van der Waals surface area (Å²) in [7, 11) is 0. The molecule has 0 aliphatic carbocycles. The minimum atomic E-state index is 0.535. The number of benzene rings is 2. The van der Waals surface area contributed by atoms with Gasteiger partial charge in [0.25, 0.3) is 0 Å². The fraction of sp³-hybridized carbons (Fsp3) is 0.571. The van der Waals surface area contributed by atoms with Gasteiger partial charge in [0.2, 0.25) is 0 Å². The lowest BCUT2D eigenvalue weighted by molar-refractivity contribution is 0.163. The van der Waals surface area contributed by atoms with Gasteiger partial charge < -0.3 is 34.9 Å². The standard InChI is InChI=1S/C42H66N4O4/c1-6-10-21-44-22-30-48-38-32-39(42(43)41(33-38)50-31-26-45-23-12-13-24-45)46(25-11-7-2)34-37(15-14-28-47-27-8-3)40(9-4)49-29-20-36-18-16-35(5)17-19-36/h9,14-19,32-33,44H,4,6-8,10-13,20-31,34,43H2,1-3,5H3/b15-14-,40-37-. The first-order chi connectivity index (χ1) is 24.5. The van der Waals surface area contributed by atoms with Gasteiger partial charge in [0, 0.05) is 56.9 Å². The molecule has 1 saturated heterocycles. The first-order valence-electron chi connectivity index (χ1n) is 19.1. The average Bonchev–Trinajstić information content (AvgIpc) is 3.65. The van der Waals surface area contributed by atoms with E-state index < -0.39 is 0 Å². The molecule has 0 radical (unpaired) electrons. The van der Waals surface area contributed by atoms with Crippen LogP contribution in [0, 0.1) is 6.92 Å². The van der Waals surface area contributed by atoms with Crippen molar-refractivity contribution < 1.29 is 18.9 Å². The van der Waals surface area contributed by atoms with Gasteiger partial charge in [-0.15, -0.1) is 0 Å². The molecular formula is C42H66N4O4. The van der Waals surface area contributed by atoms with E-state index in [9.17, 15) is 0 Å². The number of nitrogens with one attached hydrogen (secondary N) is 1. The molecule has 8 heteroatoms. The number of anilines is 2. The van der Waals surface area contributed by atoms with Crippen LogP contribution in [0.1, 0.15) is 76.8 Å². The van der Waals surface area contributed by atoms with Gasteiger partial charge >= 0.3 is 0 Å². The van der Waals surface area contributed by atoms with Gasteiger partial charge in [0.15, 0.2) is 0 Å². The molecule has 2 aromatic carbocycles. The van der Waals surface area contributed by atoms with E-state index in [1.54, 1.807) is 0 Å². The highest BCUT2D eigenvalue weighted by molar-refractivity contribution is 5.77. The SMILES string of the molecule is C=C/C(OCCc1ccc(C)cc1)=C(\C=C/COCCC)CN(CCCC)c1cc(OCCNCCCC)cc(OCCN2CCCC2)c1N. The van der Waals surface area contributed by atoms with Crippen molar-refractivity contribution >= 4 is 11.4 Å². The molecule has 0 atom stereocenters. The minimum absolute atomic E-state index is 0.535. The third-order valence-corrected chi connectivity index (χ3v) is 8.85. The number of allylic oxidation sites excluding steroid dienone is 1. The second kappa shape index (κ2) is 24.6. The van der Waals surface area contributed by atoms with Crippen LogP contribution in [0.4, 0.5) is 11.4 Å². The van der Waals surface area contributed by atoms with Crippen LogP contribution in [-0.2, 0) is 15.9 Å². The Balaban J connectivity index is 1.91. The van der Waals surface area contributed by atoms with E-state index in [4.69, 9.17) is 24.7 Å². The predicted molar refractivity (Wildman–Crippen MR) is 211 cm³/mol. The number of hydrogen-bond acceptors (Lipinski definition) is 8. The van der Waals surface area contributed by atoms with E-state index in [1.165, 1.54) is 30.4 Å². The maximum Gasteiger partial charge on any atom is 0.148 e. The van der Waals surface area contributed by atoms with Crippen molar-refractivity contribution in [3.8, 4) is 11.5 Å². The van der Waals surface area contributed by atoms with Crippen molar-refractivity contribution in [1.82, 2.24) is 10.2 Å². The quantitative estimate of drug-likeness (QED) is 0.0421. The number of nitrogens with zero attached hydrogens (tertiary/aromatic N) is 2. The van der Waals surface area contributed by atoms with E-state index in [-0.39, 0.29) is 0 Å². The minimum Gasteiger partial charge on any atom is -0.493 e. The number of nitrogens with two attached hydrogens (primary N) is 1. The summed E-state index contributed by atoms with van der Waals surface area (Å²) < 4.78 is 24.9. The molecule has 0 spiro atoms. The van der Waals surface area contributed by atoms with Gasteiger partial charge in [-0.2, -0.15) is 0 Å². The van der Waals surface area contributed by atoms with Crippen LogP contribution in [0.3, 0.4) is 0 Å². The van der Waals surface area contributed by atoms with Crippen LogP contribution in [0.2, 0.25) is 0 Å². The maximum atomic E-state index is 6.97. The largest absolute Gasteiger partial charge is 0.493 e. The molecule has 2 aromatic rings. The highest BCUT2D eigenvalue weighted by atomic mass is 16.5. The Hall–Kier alpha value is -3.46. The van der Waals surface area contributed by atoms with Crippen molar-refractivity contribution in [1.29, 1.82) is 0 Å². The molecule has 1 aliphatic rings. The number of rotatable bonds is 27. The summed E-state index contributed by atoms with van der Waals surface area (Å²) in [6, 6.07) is 12.6. The monoisotopic (exact) mass is 691 g/mol. The normalized spacial score (nSPS) is 13.8. The van der Waals surface area contributed by atoms with Crippen LogP contribution in [0.25, 0.3) is 0 Å². The van der Waals surface area contributed by atoms with Crippen molar-refractivity contribution in [2.75, 3.05) is 89.5 Å². The molecule has 1 aliphatic heterocycles. The molecule has 50 heavy (non-hydrogen) atoms. The molecule has 0 aromatic heterocycles. The number of likely N-dealkylation sites (tertiary alicyclic amines) is 1. The van der Waals surface area contributed by atoms with Gasteiger partial charge in [0.1, 0.15) is 30.5 Å². The van der Waals surface area contributed by atoms with Crippen LogP contribution in [0.15, 0.2) is 72.5 Å². The summed E-state index contributed by atoms with van der Waals surface area (Å²) in [5.74, 6) is 2.19. The first kappa shape index (κ1) is 41.0.